The Hall–Kier alpha value is -3.70. The molecule has 0 aliphatic heterocycles. The zero-order chi connectivity index (χ0) is 44.9. The van der Waals surface area contributed by atoms with E-state index in [0.29, 0.717) is 12.8 Å². The van der Waals surface area contributed by atoms with E-state index in [4.69, 9.17) is 9.47 Å². The zero-order valence-electron chi connectivity index (χ0n) is 39.8. The number of esters is 2. The van der Waals surface area contributed by atoms with Gasteiger partial charge < -0.3 is 14.6 Å². The third-order valence-electron chi connectivity index (χ3n) is 10.2. The molecule has 0 heterocycles. The van der Waals surface area contributed by atoms with E-state index >= 15 is 0 Å². The van der Waals surface area contributed by atoms with Crippen LogP contribution in [0.3, 0.4) is 0 Å². The first-order chi connectivity index (χ1) is 30.6. The van der Waals surface area contributed by atoms with E-state index < -0.39 is 6.10 Å². The van der Waals surface area contributed by atoms with Crippen LogP contribution >= 0.6 is 0 Å². The van der Waals surface area contributed by atoms with Crippen LogP contribution in [0.5, 0.6) is 0 Å². The number of rotatable bonds is 44. The quantitative estimate of drug-likeness (QED) is 0.0375. The molecule has 1 N–H and O–H groups in total. The summed E-state index contributed by atoms with van der Waals surface area (Å²) >= 11 is 0. The Bertz CT molecular complexity index is 1290. The highest BCUT2D eigenvalue weighted by molar-refractivity contribution is 5.70. The minimum atomic E-state index is -0.812. The molecule has 0 aromatic carbocycles. The molecule has 0 saturated heterocycles. The normalized spacial score (nSPS) is 13.3. The number of aliphatic hydroxyl groups is 1. The van der Waals surface area contributed by atoms with Crippen molar-refractivity contribution >= 4 is 11.9 Å². The lowest BCUT2D eigenvalue weighted by Gasteiger charge is -2.15. The second-order valence-electron chi connectivity index (χ2n) is 16.2. The third-order valence-corrected chi connectivity index (χ3v) is 10.2. The lowest BCUT2D eigenvalue weighted by atomic mass is 10.1. The van der Waals surface area contributed by atoms with Gasteiger partial charge in [-0.05, 0) is 103 Å². The fraction of sp³-hybridized carbons (Fsp3) is 0.614. The molecule has 0 radical (unpaired) electrons. The van der Waals surface area contributed by atoms with Crippen molar-refractivity contribution in [3.8, 4) is 0 Å². The second kappa shape index (κ2) is 51.6. The summed E-state index contributed by atoms with van der Waals surface area (Å²) in [5.74, 6) is -0.670. The van der Waals surface area contributed by atoms with Crippen LogP contribution < -0.4 is 0 Å². The third kappa shape index (κ3) is 49.0. The summed E-state index contributed by atoms with van der Waals surface area (Å²) < 4.78 is 10.6. The number of allylic oxidation sites excluding steroid dienone is 20. The maximum absolute atomic E-state index is 12.2. The predicted octanol–water partition coefficient (Wildman–Crippen LogP) is 16.7. The van der Waals surface area contributed by atoms with Crippen LogP contribution in [0.15, 0.2) is 122 Å². The second-order valence-corrected chi connectivity index (χ2v) is 16.2. The van der Waals surface area contributed by atoms with Crippen LogP contribution in [0, 0.1) is 0 Å². The first kappa shape index (κ1) is 58.3. The molecule has 0 saturated carbocycles. The molecule has 0 rings (SSSR count). The fourth-order valence-electron chi connectivity index (χ4n) is 6.49. The van der Waals surface area contributed by atoms with Gasteiger partial charge in [0, 0.05) is 12.8 Å². The fourth-order valence-corrected chi connectivity index (χ4v) is 6.49. The van der Waals surface area contributed by atoms with Crippen molar-refractivity contribution in [1.29, 1.82) is 0 Å². The lowest BCUT2D eigenvalue weighted by Crippen LogP contribution is -2.28. The van der Waals surface area contributed by atoms with Gasteiger partial charge in [-0.25, -0.2) is 0 Å². The lowest BCUT2D eigenvalue weighted by molar-refractivity contribution is -0.161. The Labute approximate surface area is 382 Å². The highest BCUT2D eigenvalue weighted by Gasteiger charge is 2.16. The number of hydrogen-bond donors (Lipinski definition) is 1. The van der Waals surface area contributed by atoms with Gasteiger partial charge in [0.1, 0.15) is 6.61 Å². The first-order valence-corrected chi connectivity index (χ1v) is 25.1. The van der Waals surface area contributed by atoms with Crippen LogP contribution in [0.1, 0.15) is 206 Å². The van der Waals surface area contributed by atoms with E-state index in [9.17, 15) is 14.7 Å². The van der Waals surface area contributed by atoms with Gasteiger partial charge in [-0.15, -0.1) is 0 Å². The molecule has 350 valence electrons. The van der Waals surface area contributed by atoms with E-state index in [-0.39, 0.29) is 31.6 Å². The standard InChI is InChI=1S/C57H92O5/c1-3-5-7-9-11-13-15-17-19-21-23-24-25-26-27-28-29-30-31-32-34-36-38-40-42-44-46-48-50-52-57(60)62-55(53-58)54-61-56(59)51-49-47-45-43-41-39-37-35-33-22-20-18-16-14-12-10-8-6-4-2/h5,7,11,13,17-20,23-24,26-27,29-30,32,34,38,40,44,46,55,58H,3-4,6,8-10,12,14-16,21-22,25,28,31,33,35-37,39,41-43,45,47-54H2,1-2H3/b7-5-,13-11-,19-17-,20-18-,24-23-,27-26-,30-29-,34-32-,40-38-,46-44-. The Balaban J connectivity index is 3.70. The molecule has 0 aliphatic rings. The molecule has 5 nitrogen and oxygen atoms in total. The van der Waals surface area contributed by atoms with Crippen LogP contribution in [-0.4, -0.2) is 36.4 Å². The van der Waals surface area contributed by atoms with E-state index in [1.165, 1.54) is 89.9 Å². The van der Waals surface area contributed by atoms with Crippen molar-refractivity contribution < 1.29 is 24.2 Å². The molecule has 0 spiro atoms. The summed E-state index contributed by atoms with van der Waals surface area (Å²) in [5.41, 5.74) is 0. The highest BCUT2D eigenvalue weighted by Crippen LogP contribution is 2.13. The van der Waals surface area contributed by atoms with E-state index in [0.717, 1.165) is 83.5 Å². The Morgan fingerprint density at radius 1 is 0.387 bits per heavy atom. The number of carbonyl (C=O) groups excluding carboxylic acids is 2. The SMILES string of the molecule is CC/C=C\C/C=C\C/C=C\C/C=C\C/C=C\C/C=C\C/C=C\C/C=C\C/C=C\CCCC(=O)OC(CO)COC(=O)CCCCCCCCCCC/C=C\CCCCCCCC. The number of ether oxygens (including phenoxy) is 2. The maximum Gasteiger partial charge on any atom is 0.306 e. The molecule has 5 heteroatoms. The number of unbranched alkanes of at least 4 members (excludes halogenated alkanes) is 16. The first-order valence-electron chi connectivity index (χ1n) is 25.1. The van der Waals surface area contributed by atoms with Crippen molar-refractivity contribution in [2.24, 2.45) is 0 Å². The molecule has 0 amide bonds. The summed E-state index contributed by atoms with van der Waals surface area (Å²) in [4.78, 5) is 24.4. The van der Waals surface area contributed by atoms with Gasteiger partial charge >= 0.3 is 11.9 Å². The van der Waals surface area contributed by atoms with E-state index in [1.54, 1.807) is 0 Å². The van der Waals surface area contributed by atoms with Gasteiger partial charge in [0.15, 0.2) is 6.10 Å². The topological polar surface area (TPSA) is 72.8 Å². The summed E-state index contributed by atoms with van der Waals surface area (Å²) in [5, 5.41) is 9.61. The summed E-state index contributed by atoms with van der Waals surface area (Å²) in [6, 6.07) is 0. The minimum Gasteiger partial charge on any atom is -0.462 e. The summed E-state index contributed by atoms with van der Waals surface area (Å²) in [7, 11) is 0. The van der Waals surface area contributed by atoms with Crippen molar-refractivity contribution in [2.75, 3.05) is 13.2 Å². The van der Waals surface area contributed by atoms with Crippen molar-refractivity contribution in [1.82, 2.24) is 0 Å². The Kier molecular flexibility index (Phi) is 48.6. The summed E-state index contributed by atoms with van der Waals surface area (Å²) in [6.07, 6.45) is 75.7. The van der Waals surface area contributed by atoms with Crippen molar-refractivity contribution in [3.63, 3.8) is 0 Å². The van der Waals surface area contributed by atoms with Gasteiger partial charge in [0.25, 0.3) is 0 Å². The summed E-state index contributed by atoms with van der Waals surface area (Å²) in [6.45, 7) is 3.97. The molecule has 0 aliphatic carbocycles. The molecule has 0 aromatic heterocycles. The van der Waals surface area contributed by atoms with E-state index in [1.807, 2.05) is 0 Å². The monoisotopic (exact) mass is 857 g/mol. The smallest absolute Gasteiger partial charge is 0.306 e. The van der Waals surface area contributed by atoms with Gasteiger partial charge in [-0.2, -0.15) is 0 Å². The molecule has 1 atom stereocenters. The average Bonchev–Trinajstić information content (AvgIpc) is 3.28. The Morgan fingerprint density at radius 3 is 1.11 bits per heavy atom. The molecular weight excluding hydrogens is 765 g/mol. The maximum atomic E-state index is 12.2. The van der Waals surface area contributed by atoms with Gasteiger partial charge in [-0.3, -0.25) is 9.59 Å². The molecule has 0 fully saturated rings. The molecule has 0 aromatic rings. The van der Waals surface area contributed by atoms with Crippen LogP contribution in [0.25, 0.3) is 0 Å². The predicted molar refractivity (Wildman–Crippen MR) is 269 cm³/mol. The molecule has 0 bridgehead atoms. The highest BCUT2D eigenvalue weighted by atomic mass is 16.6. The number of hydrogen-bond acceptors (Lipinski definition) is 5. The van der Waals surface area contributed by atoms with Crippen molar-refractivity contribution in [2.45, 2.75) is 213 Å². The molecule has 62 heavy (non-hydrogen) atoms. The van der Waals surface area contributed by atoms with Crippen LogP contribution in [0.4, 0.5) is 0 Å². The minimum absolute atomic E-state index is 0.0973. The van der Waals surface area contributed by atoms with E-state index in [2.05, 4.69) is 135 Å². The zero-order valence-corrected chi connectivity index (χ0v) is 39.8. The van der Waals surface area contributed by atoms with Gasteiger partial charge in [0.05, 0.1) is 6.61 Å². The average molecular weight is 857 g/mol. The number of aliphatic hydroxyl groups excluding tert-OH is 1. The van der Waals surface area contributed by atoms with Gasteiger partial charge in [0.2, 0.25) is 0 Å². The van der Waals surface area contributed by atoms with Crippen molar-refractivity contribution in [3.05, 3.63) is 122 Å². The largest absolute Gasteiger partial charge is 0.462 e. The van der Waals surface area contributed by atoms with Gasteiger partial charge in [-0.1, -0.05) is 212 Å². The Morgan fingerprint density at radius 2 is 0.710 bits per heavy atom. The molecular formula is C57H92O5. The van der Waals surface area contributed by atoms with Crippen LogP contribution in [-0.2, 0) is 19.1 Å². The number of carbonyl (C=O) groups is 2. The van der Waals surface area contributed by atoms with Crippen LogP contribution in [0.2, 0.25) is 0 Å². The molecule has 1 unspecified atom stereocenters.